The average molecular weight is 669 g/mol. The summed E-state index contributed by atoms with van der Waals surface area (Å²) in [6, 6.07) is 30.4. The number of amides is 1. The van der Waals surface area contributed by atoms with E-state index in [1.165, 1.54) is 5.56 Å². The highest BCUT2D eigenvalue weighted by molar-refractivity contribution is 9.10. The van der Waals surface area contributed by atoms with Crippen LogP contribution in [-0.4, -0.2) is 42.2 Å². The summed E-state index contributed by atoms with van der Waals surface area (Å²) in [7, 11) is 0. The molecule has 0 spiro atoms. The third kappa shape index (κ3) is 7.72. The fourth-order valence-corrected chi connectivity index (χ4v) is 5.51. The summed E-state index contributed by atoms with van der Waals surface area (Å²) in [5.74, 6) is 0.645. The molecule has 1 aliphatic heterocycles. The van der Waals surface area contributed by atoms with Crippen LogP contribution in [0.4, 0.5) is 5.69 Å². The quantitative estimate of drug-likeness (QED) is 0.0670. The van der Waals surface area contributed by atoms with Gasteiger partial charge in [-0.1, -0.05) is 87.3 Å². The van der Waals surface area contributed by atoms with Gasteiger partial charge in [-0.25, -0.2) is 4.99 Å². The van der Waals surface area contributed by atoms with Crippen LogP contribution in [0.1, 0.15) is 40.3 Å². The zero-order chi connectivity index (χ0) is 31.6. The molecule has 1 heterocycles. The van der Waals surface area contributed by atoms with Gasteiger partial charge < -0.3 is 19.9 Å². The number of benzene rings is 4. The minimum absolute atomic E-state index is 0.0506. The molecule has 2 N–H and O–H groups in total. The molecule has 0 fully saturated rings. The van der Waals surface area contributed by atoms with Gasteiger partial charge in [-0.05, 0) is 66.4 Å². The van der Waals surface area contributed by atoms with Crippen LogP contribution in [0.15, 0.2) is 112 Å². The fourth-order valence-electron chi connectivity index (χ4n) is 5.25. The van der Waals surface area contributed by atoms with E-state index in [9.17, 15) is 10.3 Å². The van der Waals surface area contributed by atoms with Gasteiger partial charge in [0.1, 0.15) is 5.75 Å². The Labute approximate surface area is 270 Å². The molecule has 4 aromatic rings. The molecule has 5 rings (SSSR count). The van der Waals surface area contributed by atoms with E-state index in [4.69, 9.17) is 19.6 Å². The number of aliphatic hydroxyl groups excluding tert-OH is 1. The monoisotopic (exact) mass is 667 g/mol. The number of carbonyl (C=O) groups excluding carboxylic acids is 1. The summed E-state index contributed by atoms with van der Waals surface area (Å²) in [6.07, 6.45) is 0.520. The topological polar surface area (TPSA) is 129 Å². The summed E-state index contributed by atoms with van der Waals surface area (Å²) < 4.78 is 13.2. The van der Waals surface area contributed by atoms with Gasteiger partial charge in [0.05, 0.1) is 6.61 Å². The average Bonchev–Trinajstić information content (AvgIpc) is 3.44. The molecule has 0 saturated heterocycles. The van der Waals surface area contributed by atoms with Gasteiger partial charge in [-0.15, -0.1) is 0 Å². The van der Waals surface area contributed by atoms with Crippen LogP contribution in [-0.2, 0) is 22.4 Å². The Kier molecular flexibility index (Phi) is 10.5. The van der Waals surface area contributed by atoms with Crippen LogP contribution in [0.25, 0.3) is 10.4 Å². The lowest BCUT2D eigenvalue weighted by atomic mass is 9.81. The van der Waals surface area contributed by atoms with Gasteiger partial charge in [0, 0.05) is 52.2 Å². The van der Waals surface area contributed by atoms with Crippen molar-refractivity contribution in [3.05, 3.63) is 140 Å². The Balaban J connectivity index is 1.55. The summed E-state index contributed by atoms with van der Waals surface area (Å²) in [5.41, 5.74) is 12.7. The first kappa shape index (κ1) is 31.8. The molecular formula is C35H34BrN5O4. The van der Waals surface area contributed by atoms with Gasteiger partial charge in [0.2, 0.25) is 5.90 Å². The van der Waals surface area contributed by atoms with Crippen molar-refractivity contribution >= 4 is 33.4 Å². The highest BCUT2D eigenvalue weighted by Crippen LogP contribution is 2.45. The Morgan fingerprint density at radius 1 is 1.04 bits per heavy atom. The van der Waals surface area contributed by atoms with Crippen molar-refractivity contribution in [3.8, 4) is 5.75 Å². The number of ether oxygens (including phenoxy) is 2. The van der Waals surface area contributed by atoms with Gasteiger partial charge in [-0.3, -0.25) is 4.79 Å². The van der Waals surface area contributed by atoms with Crippen molar-refractivity contribution in [2.24, 2.45) is 10.1 Å². The molecular weight excluding hydrogens is 634 g/mol. The number of aliphatic hydroxyl groups is 1. The molecule has 9 nitrogen and oxygen atoms in total. The molecule has 2 atom stereocenters. The summed E-state index contributed by atoms with van der Waals surface area (Å²) in [6.45, 7) is 2.89. The zero-order valence-corrected chi connectivity index (χ0v) is 26.5. The van der Waals surface area contributed by atoms with Crippen LogP contribution in [0.2, 0.25) is 0 Å². The standard InChI is InChI=1S/C35H34BrN5O4/c1-24-7-9-25(10-8-24)19-20-38-34(43)35(23-26-11-15-28(36)16-12-26)32(30-5-2-3-6-31(30)40-41-37)45-33(39-35)27-13-17-29(18-14-27)44-22-4-21-42/h2-3,5-18,32,42H,4,19-23H2,1H3,(H,38,43)/t32-,35-/m1/s1. The molecule has 230 valence electrons. The number of aliphatic imine (C=N–C) groups is 1. The number of nitrogens with one attached hydrogen (secondary N) is 1. The number of halogens is 1. The number of azide groups is 1. The van der Waals surface area contributed by atoms with Gasteiger partial charge in [-0.2, -0.15) is 0 Å². The molecule has 0 unspecified atom stereocenters. The van der Waals surface area contributed by atoms with E-state index in [-0.39, 0.29) is 18.9 Å². The van der Waals surface area contributed by atoms with E-state index in [0.717, 1.165) is 15.6 Å². The molecule has 45 heavy (non-hydrogen) atoms. The molecule has 10 heteroatoms. The molecule has 0 aliphatic carbocycles. The number of rotatable bonds is 13. The van der Waals surface area contributed by atoms with Crippen molar-refractivity contribution in [2.45, 2.75) is 37.8 Å². The van der Waals surface area contributed by atoms with E-state index in [1.807, 2.05) is 49.4 Å². The molecule has 4 aromatic carbocycles. The highest BCUT2D eigenvalue weighted by Gasteiger charge is 2.53. The first-order chi connectivity index (χ1) is 21.9. The normalized spacial score (nSPS) is 17.1. The van der Waals surface area contributed by atoms with E-state index in [0.29, 0.717) is 54.5 Å². The van der Waals surface area contributed by atoms with Crippen molar-refractivity contribution < 1.29 is 19.4 Å². The maximum absolute atomic E-state index is 14.5. The van der Waals surface area contributed by atoms with Crippen LogP contribution in [0, 0.1) is 6.92 Å². The predicted molar refractivity (Wildman–Crippen MR) is 178 cm³/mol. The van der Waals surface area contributed by atoms with Crippen molar-refractivity contribution in [2.75, 3.05) is 19.8 Å². The zero-order valence-electron chi connectivity index (χ0n) is 24.9. The highest BCUT2D eigenvalue weighted by atomic mass is 79.9. The van der Waals surface area contributed by atoms with Crippen LogP contribution in [0.5, 0.6) is 5.75 Å². The van der Waals surface area contributed by atoms with Gasteiger partial charge in [0.25, 0.3) is 5.91 Å². The molecule has 0 bridgehead atoms. The lowest BCUT2D eigenvalue weighted by Crippen LogP contribution is -2.50. The molecule has 1 aliphatic rings. The van der Waals surface area contributed by atoms with Crippen molar-refractivity contribution in [1.82, 2.24) is 5.32 Å². The Morgan fingerprint density at radius 2 is 1.76 bits per heavy atom. The third-order valence-electron chi connectivity index (χ3n) is 7.61. The molecule has 0 radical (unpaired) electrons. The Hall–Kier alpha value is -4.63. The molecule has 0 aromatic heterocycles. The van der Waals surface area contributed by atoms with Crippen molar-refractivity contribution in [3.63, 3.8) is 0 Å². The number of carbonyl (C=O) groups is 1. The van der Waals surface area contributed by atoms with Crippen LogP contribution < -0.4 is 10.1 Å². The van der Waals surface area contributed by atoms with E-state index >= 15 is 0 Å². The Bertz CT molecular complexity index is 1690. The number of hydrogen-bond donors (Lipinski definition) is 2. The van der Waals surface area contributed by atoms with Crippen LogP contribution in [0.3, 0.4) is 0 Å². The second-order valence-electron chi connectivity index (χ2n) is 10.8. The van der Waals surface area contributed by atoms with Gasteiger partial charge >= 0.3 is 0 Å². The van der Waals surface area contributed by atoms with Crippen molar-refractivity contribution in [1.29, 1.82) is 0 Å². The first-order valence-corrected chi connectivity index (χ1v) is 15.5. The second-order valence-corrected chi connectivity index (χ2v) is 11.7. The third-order valence-corrected chi connectivity index (χ3v) is 8.14. The minimum atomic E-state index is -1.42. The predicted octanol–water partition coefficient (Wildman–Crippen LogP) is 7.32. The smallest absolute Gasteiger partial charge is 0.252 e. The minimum Gasteiger partial charge on any atom is -0.494 e. The van der Waals surface area contributed by atoms with E-state index in [2.05, 4.69) is 55.5 Å². The van der Waals surface area contributed by atoms with Gasteiger partial charge in [0.15, 0.2) is 11.6 Å². The maximum Gasteiger partial charge on any atom is 0.252 e. The number of aryl methyl sites for hydroxylation is 1. The molecule has 0 saturated carbocycles. The second kappa shape index (κ2) is 14.9. The van der Waals surface area contributed by atoms with E-state index < -0.39 is 11.6 Å². The maximum atomic E-state index is 14.5. The first-order valence-electron chi connectivity index (χ1n) is 14.7. The van der Waals surface area contributed by atoms with Crippen LogP contribution >= 0.6 is 15.9 Å². The Morgan fingerprint density at radius 3 is 2.47 bits per heavy atom. The largest absolute Gasteiger partial charge is 0.494 e. The summed E-state index contributed by atoms with van der Waals surface area (Å²) in [5, 5.41) is 16.1. The lowest BCUT2D eigenvalue weighted by Gasteiger charge is -2.31. The number of hydrogen-bond acceptors (Lipinski definition) is 6. The SMILES string of the molecule is Cc1ccc(CCNC(=O)[C@]2(Cc3ccc(Br)cc3)N=C(c3ccc(OCCCO)cc3)O[C@@H]2c2ccccc2N=[N+]=[N-])cc1. The fraction of sp³-hybridized carbons (Fsp3) is 0.257. The molecule has 1 amide bonds. The summed E-state index contributed by atoms with van der Waals surface area (Å²) >= 11 is 3.50. The summed E-state index contributed by atoms with van der Waals surface area (Å²) in [4.78, 5) is 22.6. The number of nitrogens with zero attached hydrogens (tertiary/aromatic N) is 4. The van der Waals surface area contributed by atoms with E-state index in [1.54, 1.807) is 30.3 Å². The lowest BCUT2D eigenvalue weighted by molar-refractivity contribution is -0.128.